The van der Waals surface area contributed by atoms with Crippen LogP contribution in [0.1, 0.15) is 46.2 Å². The van der Waals surface area contributed by atoms with Crippen LogP contribution in [0.4, 0.5) is 0 Å². The van der Waals surface area contributed by atoms with E-state index in [0.29, 0.717) is 35.7 Å². The second-order valence-electron chi connectivity index (χ2n) is 9.11. The molecule has 3 atom stereocenters. The zero-order chi connectivity index (χ0) is 25.5. The van der Waals surface area contributed by atoms with E-state index in [9.17, 15) is 0 Å². The Hall–Kier alpha value is -2.32. The average Bonchev–Trinajstić information content (AvgIpc) is 3.34. The number of rotatable bonds is 10. The van der Waals surface area contributed by atoms with Crippen molar-refractivity contribution >= 4 is 34.5 Å². The first kappa shape index (κ1) is 26.3. The molecule has 2 heterocycles. The summed E-state index contributed by atoms with van der Waals surface area (Å²) >= 11 is 13.9. The van der Waals surface area contributed by atoms with Gasteiger partial charge in [0.15, 0.2) is 0 Å². The summed E-state index contributed by atoms with van der Waals surface area (Å²) in [6.45, 7) is 1.62. The van der Waals surface area contributed by atoms with Gasteiger partial charge in [0.25, 0.3) is 0 Å². The molecule has 1 saturated heterocycles. The predicted octanol–water partition coefficient (Wildman–Crippen LogP) is 7.46. The third-order valence-corrected chi connectivity index (χ3v) is 7.72. The van der Waals surface area contributed by atoms with Crippen molar-refractivity contribution in [2.75, 3.05) is 6.61 Å². The summed E-state index contributed by atoms with van der Waals surface area (Å²) in [6.07, 6.45) is 1.94. The van der Waals surface area contributed by atoms with Gasteiger partial charge in [0.1, 0.15) is 5.01 Å². The number of benzene rings is 3. The third kappa shape index (κ3) is 7.60. The number of halogens is 2. The van der Waals surface area contributed by atoms with Gasteiger partial charge in [-0.3, -0.25) is 0 Å². The molecule has 0 aliphatic carbocycles. The summed E-state index contributed by atoms with van der Waals surface area (Å²) in [5.41, 5.74) is 4.34. The zero-order valence-corrected chi connectivity index (χ0v) is 22.6. The molecule has 37 heavy (non-hydrogen) atoms. The molecule has 8 heteroatoms. The van der Waals surface area contributed by atoms with E-state index in [1.807, 2.05) is 48.5 Å². The molecule has 1 aliphatic heterocycles. The fourth-order valence-electron chi connectivity index (χ4n) is 4.50. The number of hydrogen-bond donors (Lipinski definition) is 0. The lowest BCUT2D eigenvalue weighted by molar-refractivity contribution is -0.142. The largest absolute Gasteiger partial charge is 0.374 e. The Kier molecular flexibility index (Phi) is 9.21. The van der Waals surface area contributed by atoms with Crippen molar-refractivity contribution in [3.05, 3.63) is 116 Å². The van der Waals surface area contributed by atoms with E-state index in [2.05, 4.69) is 40.5 Å². The quantitative estimate of drug-likeness (QED) is 0.203. The smallest absolute Gasteiger partial charge is 0.207 e. The highest BCUT2D eigenvalue weighted by molar-refractivity contribution is 7.15. The number of ether oxygens (including phenoxy) is 3. The first-order valence-electron chi connectivity index (χ1n) is 12.3. The van der Waals surface area contributed by atoms with Crippen LogP contribution in [0.25, 0.3) is 0 Å². The SMILES string of the molecule is Clc1nnc(Cc2cc(C3CC(OCc4ccccc4)CC(COCc4ccccc4)O3)ccc2Cl)s1. The summed E-state index contributed by atoms with van der Waals surface area (Å²) in [4.78, 5) is 0. The van der Waals surface area contributed by atoms with Crippen molar-refractivity contribution in [1.82, 2.24) is 10.2 Å². The van der Waals surface area contributed by atoms with E-state index in [1.165, 1.54) is 11.3 Å². The van der Waals surface area contributed by atoms with Crippen LogP contribution in [0, 0.1) is 0 Å². The molecule has 3 aromatic carbocycles. The van der Waals surface area contributed by atoms with E-state index >= 15 is 0 Å². The van der Waals surface area contributed by atoms with Crippen LogP contribution in [0.15, 0.2) is 78.9 Å². The molecule has 0 saturated carbocycles. The molecular formula is C29H28Cl2N2O3S. The van der Waals surface area contributed by atoms with E-state index in [-0.39, 0.29) is 18.3 Å². The van der Waals surface area contributed by atoms with Crippen LogP contribution in [0.2, 0.25) is 9.49 Å². The summed E-state index contributed by atoms with van der Waals surface area (Å²) < 4.78 is 19.4. The molecule has 4 aromatic rings. The summed E-state index contributed by atoms with van der Waals surface area (Å²) in [7, 11) is 0. The Morgan fingerprint density at radius 1 is 0.865 bits per heavy atom. The van der Waals surface area contributed by atoms with Gasteiger partial charge in [-0.05, 0) is 39.9 Å². The van der Waals surface area contributed by atoms with Crippen molar-refractivity contribution < 1.29 is 14.2 Å². The van der Waals surface area contributed by atoms with Gasteiger partial charge in [-0.15, -0.1) is 10.2 Å². The minimum absolute atomic E-state index is 0.0466. The number of aromatic nitrogens is 2. The van der Waals surface area contributed by atoms with E-state index in [0.717, 1.165) is 40.1 Å². The zero-order valence-electron chi connectivity index (χ0n) is 20.3. The summed E-state index contributed by atoms with van der Waals surface area (Å²) in [5.74, 6) is 0. The second kappa shape index (κ2) is 13.0. The Labute approximate surface area is 231 Å². The Morgan fingerprint density at radius 2 is 1.59 bits per heavy atom. The van der Waals surface area contributed by atoms with Gasteiger partial charge in [-0.1, -0.05) is 95.7 Å². The molecule has 0 spiro atoms. The predicted molar refractivity (Wildman–Crippen MR) is 147 cm³/mol. The van der Waals surface area contributed by atoms with Crippen molar-refractivity contribution in [1.29, 1.82) is 0 Å². The van der Waals surface area contributed by atoms with Crippen LogP contribution in [-0.4, -0.2) is 29.0 Å². The van der Waals surface area contributed by atoms with Gasteiger partial charge in [-0.25, -0.2) is 0 Å². The van der Waals surface area contributed by atoms with Gasteiger partial charge < -0.3 is 14.2 Å². The maximum absolute atomic E-state index is 6.55. The molecule has 192 valence electrons. The van der Waals surface area contributed by atoms with E-state index in [4.69, 9.17) is 37.4 Å². The van der Waals surface area contributed by atoms with Crippen LogP contribution >= 0.6 is 34.5 Å². The minimum atomic E-state index is -0.131. The van der Waals surface area contributed by atoms with Crippen LogP contribution < -0.4 is 0 Å². The molecular weight excluding hydrogens is 527 g/mol. The number of nitrogens with zero attached hydrogens (tertiary/aromatic N) is 2. The minimum Gasteiger partial charge on any atom is -0.374 e. The van der Waals surface area contributed by atoms with Crippen molar-refractivity contribution in [3.63, 3.8) is 0 Å². The highest BCUT2D eigenvalue weighted by atomic mass is 35.5. The highest BCUT2D eigenvalue weighted by Gasteiger charge is 2.31. The third-order valence-electron chi connectivity index (χ3n) is 6.33. The molecule has 5 rings (SSSR count). The lowest BCUT2D eigenvalue weighted by Gasteiger charge is -2.36. The second-order valence-corrected chi connectivity index (χ2v) is 11.2. The normalized spacial score (nSPS) is 19.7. The van der Waals surface area contributed by atoms with Crippen LogP contribution in [0.5, 0.6) is 0 Å². The van der Waals surface area contributed by atoms with Crippen molar-refractivity contribution in [2.24, 2.45) is 0 Å². The van der Waals surface area contributed by atoms with Gasteiger partial charge in [0.2, 0.25) is 4.47 Å². The molecule has 3 unspecified atom stereocenters. The maximum atomic E-state index is 6.55. The molecule has 0 bridgehead atoms. The number of hydrogen-bond acceptors (Lipinski definition) is 6. The molecule has 1 aliphatic rings. The average molecular weight is 556 g/mol. The van der Waals surface area contributed by atoms with Crippen LogP contribution in [0.3, 0.4) is 0 Å². The Balaban J connectivity index is 1.29. The Morgan fingerprint density at radius 3 is 2.30 bits per heavy atom. The van der Waals surface area contributed by atoms with Crippen LogP contribution in [-0.2, 0) is 33.8 Å². The highest BCUT2D eigenvalue weighted by Crippen LogP contribution is 2.36. The van der Waals surface area contributed by atoms with Gasteiger partial charge >= 0.3 is 0 Å². The summed E-state index contributed by atoms with van der Waals surface area (Å²) in [5, 5.41) is 9.56. The first-order chi connectivity index (χ1) is 18.1. The molecule has 1 fully saturated rings. The molecule has 0 N–H and O–H groups in total. The summed E-state index contributed by atoms with van der Waals surface area (Å²) in [6, 6.07) is 26.5. The first-order valence-corrected chi connectivity index (χ1v) is 13.9. The lowest BCUT2D eigenvalue weighted by atomic mass is 9.94. The fraction of sp³-hybridized carbons (Fsp3) is 0.310. The van der Waals surface area contributed by atoms with Gasteiger partial charge in [-0.2, -0.15) is 0 Å². The fourth-order valence-corrected chi connectivity index (χ4v) is 5.57. The van der Waals surface area contributed by atoms with E-state index < -0.39 is 0 Å². The monoisotopic (exact) mass is 554 g/mol. The van der Waals surface area contributed by atoms with Crippen molar-refractivity contribution in [3.8, 4) is 0 Å². The van der Waals surface area contributed by atoms with Gasteiger partial charge in [0, 0.05) is 24.3 Å². The molecule has 5 nitrogen and oxygen atoms in total. The lowest BCUT2D eigenvalue weighted by Crippen LogP contribution is -2.35. The Bertz CT molecular complexity index is 1270. The standard InChI is InChI=1S/C29H28Cl2N2O3S/c30-26-12-11-22(13-23(26)14-28-32-33-29(31)37-28)27-16-24(35-18-21-9-5-2-6-10-21)15-25(36-27)19-34-17-20-7-3-1-4-8-20/h1-13,24-25,27H,14-19H2. The molecule has 1 aromatic heterocycles. The van der Waals surface area contributed by atoms with E-state index in [1.54, 1.807) is 0 Å². The molecule has 0 amide bonds. The van der Waals surface area contributed by atoms with Crippen molar-refractivity contribution in [2.45, 2.75) is 50.8 Å². The maximum Gasteiger partial charge on any atom is 0.207 e. The topological polar surface area (TPSA) is 53.5 Å². The molecule has 0 radical (unpaired) electrons. The van der Waals surface area contributed by atoms with Gasteiger partial charge in [0.05, 0.1) is 38.1 Å².